The molecule has 1 aromatic carbocycles. The summed E-state index contributed by atoms with van der Waals surface area (Å²) in [5.41, 5.74) is 0. The van der Waals surface area contributed by atoms with Crippen LogP contribution >= 0.6 is 0 Å². The molecule has 2 bridgehead atoms. The maximum atomic E-state index is 13.4. The van der Waals surface area contributed by atoms with Gasteiger partial charge in [0.2, 0.25) is 0 Å². The average molecular weight is 279 g/mol. The molecule has 108 valence electrons. The largest absolute Gasteiger partial charge is 0.489 e. The van der Waals surface area contributed by atoms with Gasteiger partial charge in [0, 0.05) is 18.6 Å². The molecule has 2 fully saturated rings. The summed E-state index contributed by atoms with van der Waals surface area (Å²) >= 11 is 0. The number of carboxylic acids is 1. The molecule has 0 aliphatic carbocycles. The molecule has 2 heterocycles. The van der Waals surface area contributed by atoms with Crippen LogP contribution < -0.4 is 4.74 Å². The van der Waals surface area contributed by atoms with E-state index in [1.165, 1.54) is 6.07 Å². The Balaban J connectivity index is 1.55. The summed E-state index contributed by atoms with van der Waals surface area (Å²) < 4.78 is 18.9. The Morgan fingerprint density at radius 3 is 2.90 bits per heavy atom. The molecule has 20 heavy (non-hydrogen) atoms. The molecule has 0 aromatic heterocycles. The van der Waals surface area contributed by atoms with Gasteiger partial charge in [-0.25, -0.2) is 4.39 Å². The number of ether oxygens (including phenoxy) is 1. The molecule has 3 unspecified atom stereocenters. The molecule has 3 atom stereocenters. The number of halogens is 1. The summed E-state index contributed by atoms with van der Waals surface area (Å²) in [4.78, 5) is 13.4. The lowest BCUT2D eigenvalue weighted by molar-refractivity contribution is -0.142. The maximum Gasteiger partial charge on any atom is 0.308 e. The number of rotatable bonds is 5. The van der Waals surface area contributed by atoms with Gasteiger partial charge in [0.15, 0.2) is 11.6 Å². The van der Waals surface area contributed by atoms with Crippen molar-refractivity contribution in [3.8, 4) is 5.75 Å². The molecule has 0 saturated carbocycles. The van der Waals surface area contributed by atoms with E-state index in [9.17, 15) is 14.3 Å². The van der Waals surface area contributed by atoms with Gasteiger partial charge in [-0.15, -0.1) is 0 Å². The van der Waals surface area contributed by atoms with Gasteiger partial charge >= 0.3 is 5.97 Å². The lowest BCUT2D eigenvalue weighted by Crippen LogP contribution is -2.35. The number of aliphatic carboxylic acids is 1. The van der Waals surface area contributed by atoms with Gasteiger partial charge in [0.1, 0.15) is 6.61 Å². The molecule has 0 radical (unpaired) electrons. The van der Waals surface area contributed by atoms with Gasteiger partial charge in [0.05, 0.1) is 5.92 Å². The first kappa shape index (κ1) is 13.4. The quantitative estimate of drug-likeness (QED) is 0.897. The number of hydrogen-bond donors (Lipinski definition) is 1. The Morgan fingerprint density at radius 2 is 2.20 bits per heavy atom. The summed E-state index contributed by atoms with van der Waals surface area (Å²) in [6, 6.07) is 6.81. The molecule has 0 amide bonds. The third-order valence-corrected chi connectivity index (χ3v) is 4.44. The fourth-order valence-electron chi connectivity index (χ4n) is 3.54. The minimum Gasteiger partial charge on any atom is -0.489 e. The third-order valence-electron chi connectivity index (χ3n) is 4.44. The van der Waals surface area contributed by atoms with Gasteiger partial charge in [-0.2, -0.15) is 0 Å². The van der Waals surface area contributed by atoms with Crippen molar-refractivity contribution in [1.82, 2.24) is 4.90 Å². The van der Waals surface area contributed by atoms with Crippen LogP contribution in [0, 0.1) is 11.7 Å². The number of carbonyl (C=O) groups is 1. The van der Waals surface area contributed by atoms with Gasteiger partial charge in [-0.3, -0.25) is 9.69 Å². The van der Waals surface area contributed by atoms with Crippen LogP contribution in [0.2, 0.25) is 0 Å². The van der Waals surface area contributed by atoms with E-state index in [-0.39, 0.29) is 23.5 Å². The second kappa shape index (κ2) is 5.40. The molecular weight excluding hydrogens is 261 g/mol. The van der Waals surface area contributed by atoms with Crippen LogP contribution in [-0.2, 0) is 4.79 Å². The highest BCUT2D eigenvalue weighted by Gasteiger charge is 2.48. The van der Waals surface area contributed by atoms with Crippen molar-refractivity contribution in [3.05, 3.63) is 30.1 Å². The second-order valence-corrected chi connectivity index (χ2v) is 5.50. The maximum absolute atomic E-state index is 13.4. The normalized spacial score (nSPS) is 28.8. The van der Waals surface area contributed by atoms with Crippen LogP contribution in [0.3, 0.4) is 0 Å². The van der Waals surface area contributed by atoms with Crippen molar-refractivity contribution in [3.63, 3.8) is 0 Å². The number of nitrogens with zero attached hydrogens (tertiary/aromatic N) is 1. The Bertz CT molecular complexity index is 508. The molecule has 1 aromatic rings. The second-order valence-electron chi connectivity index (χ2n) is 5.50. The Morgan fingerprint density at radius 1 is 1.40 bits per heavy atom. The fourth-order valence-corrected chi connectivity index (χ4v) is 3.54. The van der Waals surface area contributed by atoms with Crippen LogP contribution in [-0.4, -0.2) is 41.2 Å². The van der Waals surface area contributed by atoms with E-state index < -0.39 is 5.97 Å². The zero-order chi connectivity index (χ0) is 14.1. The van der Waals surface area contributed by atoms with E-state index in [0.717, 1.165) is 19.3 Å². The molecular formula is C15H18FNO3. The lowest BCUT2D eigenvalue weighted by atomic mass is 9.89. The van der Waals surface area contributed by atoms with Gasteiger partial charge in [0.25, 0.3) is 0 Å². The number of para-hydroxylation sites is 1. The Kier molecular flexibility index (Phi) is 3.61. The number of benzene rings is 1. The van der Waals surface area contributed by atoms with Gasteiger partial charge in [-0.05, 0) is 31.4 Å². The van der Waals surface area contributed by atoms with Crippen LogP contribution in [0.4, 0.5) is 4.39 Å². The van der Waals surface area contributed by atoms with Crippen molar-refractivity contribution >= 4 is 5.97 Å². The van der Waals surface area contributed by atoms with E-state index in [4.69, 9.17) is 4.74 Å². The van der Waals surface area contributed by atoms with Crippen molar-refractivity contribution in [2.75, 3.05) is 13.2 Å². The summed E-state index contributed by atoms with van der Waals surface area (Å²) in [7, 11) is 0. The summed E-state index contributed by atoms with van der Waals surface area (Å²) in [6.45, 7) is 1.05. The van der Waals surface area contributed by atoms with Crippen molar-refractivity contribution < 1.29 is 19.0 Å². The highest BCUT2D eigenvalue weighted by atomic mass is 19.1. The first-order valence-electron chi connectivity index (χ1n) is 7.02. The number of hydrogen-bond acceptors (Lipinski definition) is 3. The fraction of sp³-hybridized carbons (Fsp3) is 0.533. The molecule has 2 aliphatic rings. The lowest BCUT2D eigenvalue weighted by Gasteiger charge is -2.22. The van der Waals surface area contributed by atoms with E-state index in [1.807, 2.05) is 0 Å². The van der Waals surface area contributed by atoms with Crippen molar-refractivity contribution in [1.29, 1.82) is 0 Å². The van der Waals surface area contributed by atoms with Crippen LogP contribution in [0.5, 0.6) is 5.75 Å². The predicted octanol–water partition coefficient (Wildman–Crippen LogP) is 2.14. The topological polar surface area (TPSA) is 49.8 Å². The van der Waals surface area contributed by atoms with Gasteiger partial charge in [-0.1, -0.05) is 12.1 Å². The van der Waals surface area contributed by atoms with Crippen LogP contribution in [0.15, 0.2) is 24.3 Å². The van der Waals surface area contributed by atoms with Crippen molar-refractivity contribution in [2.24, 2.45) is 5.92 Å². The smallest absolute Gasteiger partial charge is 0.308 e. The molecule has 0 spiro atoms. The molecule has 2 saturated heterocycles. The summed E-state index contributed by atoms with van der Waals surface area (Å²) in [5, 5.41) is 9.19. The van der Waals surface area contributed by atoms with E-state index in [0.29, 0.717) is 19.2 Å². The SMILES string of the molecule is O=C(O)C1CC2CCC1N2CCOc1ccccc1F. The monoisotopic (exact) mass is 279 g/mol. The zero-order valence-electron chi connectivity index (χ0n) is 11.2. The first-order chi connectivity index (χ1) is 9.66. The highest BCUT2D eigenvalue weighted by Crippen LogP contribution is 2.41. The molecule has 2 aliphatic heterocycles. The predicted molar refractivity (Wildman–Crippen MR) is 71.2 cm³/mol. The molecule has 4 nitrogen and oxygen atoms in total. The minimum atomic E-state index is -0.697. The Hall–Kier alpha value is -1.62. The van der Waals surface area contributed by atoms with Crippen LogP contribution in [0.25, 0.3) is 0 Å². The van der Waals surface area contributed by atoms with Crippen molar-refractivity contribution in [2.45, 2.75) is 31.3 Å². The van der Waals surface area contributed by atoms with Gasteiger partial charge < -0.3 is 9.84 Å². The molecule has 5 heteroatoms. The Labute approximate surface area is 117 Å². The van der Waals surface area contributed by atoms with E-state index in [2.05, 4.69) is 4.90 Å². The summed E-state index contributed by atoms with van der Waals surface area (Å²) in [6.07, 6.45) is 2.75. The zero-order valence-corrected chi connectivity index (χ0v) is 11.2. The standard InChI is InChI=1S/C15H18FNO3/c16-12-3-1-2-4-14(12)20-8-7-17-10-5-6-13(17)11(9-10)15(18)19/h1-4,10-11,13H,5-9H2,(H,18,19). The highest BCUT2D eigenvalue weighted by molar-refractivity contribution is 5.71. The van der Waals surface area contributed by atoms with E-state index >= 15 is 0 Å². The average Bonchev–Trinajstić information content (AvgIpc) is 2.98. The van der Waals surface area contributed by atoms with E-state index in [1.54, 1.807) is 18.2 Å². The minimum absolute atomic E-state index is 0.127. The molecule has 1 N–H and O–H groups in total. The third kappa shape index (κ3) is 2.38. The number of carboxylic acid groups (broad SMARTS) is 1. The summed E-state index contributed by atoms with van der Waals surface area (Å²) in [5.74, 6) is -1.05. The molecule has 3 rings (SSSR count). The number of fused-ring (bicyclic) bond motifs is 2. The first-order valence-corrected chi connectivity index (χ1v) is 7.02. The van der Waals surface area contributed by atoms with Crippen LogP contribution in [0.1, 0.15) is 19.3 Å².